The number of hydrogen-bond acceptors (Lipinski definition) is 3. The Balaban J connectivity index is 2.62. The van der Waals surface area contributed by atoms with Crippen LogP contribution in [0.3, 0.4) is 0 Å². The third-order valence-electron chi connectivity index (χ3n) is 2.09. The van der Waals surface area contributed by atoms with Gasteiger partial charge in [0.1, 0.15) is 12.1 Å². The number of rotatable bonds is 5. The highest BCUT2D eigenvalue weighted by Crippen LogP contribution is 2.09. The number of primary amides is 1. The van der Waals surface area contributed by atoms with Gasteiger partial charge < -0.3 is 5.73 Å². The van der Waals surface area contributed by atoms with Gasteiger partial charge in [0, 0.05) is 12.7 Å². The summed E-state index contributed by atoms with van der Waals surface area (Å²) in [5.74, 6) is 0.564. The van der Waals surface area contributed by atoms with Crippen LogP contribution in [0, 0.1) is 0 Å². The van der Waals surface area contributed by atoms with Crippen LogP contribution < -0.4 is 10.6 Å². The predicted molar refractivity (Wildman–Crippen MR) is 58.5 cm³/mol. The van der Waals surface area contributed by atoms with Crippen molar-refractivity contribution in [3.63, 3.8) is 0 Å². The van der Waals surface area contributed by atoms with Gasteiger partial charge in [-0.15, -0.1) is 0 Å². The number of hydrogen-bond donors (Lipinski definition) is 1. The van der Waals surface area contributed by atoms with Crippen LogP contribution in [0.4, 0.5) is 10.6 Å². The molecule has 1 rings (SSSR count). The molecule has 2 N–H and O–H groups in total. The van der Waals surface area contributed by atoms with Gasteiger partial charge in [0.15, 0.2) is 0 Å². The Morgan fingerprint density at radius 3 is 2.87 bits per heavy atom. The zero-order chi connectivity index (χ0) is 11.1. The highest BCUT2D eigenvalue weighted by Gasteiger charge is 2.12. The number of urea groups is 1. The Morgan fingerprint density at radius 1 is 1.53 bits per heavy atom. The minimum atomic E-state index is -0.468. The molecule has 1 aromatic rings. The average molecular weight is 208 g/mol. The second-order valence-corrected chi connectivity index (χ2v) is 3.26. The predicted octanol–water partition coefficient (Wildman–Crippen LogP) is 1.55. The van der Waals surface area contributed by atoms with E-state index in [-0.39, 0.29) is 0 Å². The van der Waals surface area contributed by atoms with Gasteiger partial charge in [-0.2, -0.15) is 0 Å². The third kappa shape index (κ3) is 3.53. The lowest BCUT2D eigenvalue weighted by atomic mass is 10.2. The maximum atomic E-state index is 11.2. The van der Waals surface area contributed by atoms with Crippen LogP contribution in [0.15, 0.2) is 18.6 Å². The summed E-state index contributed by atoms with van der Waals surface area (Å²) in [5.41, 5.74) is 5.28. The van der Waals surface area contributed by atoms with Crippen LogP contribution in [0.2, 0.25) is 0 Å². The minimum absolute atomic E-state index is 0.468. The molecule has 0 saturated carbocycles. The third-order valence-corrected chi connectivity index (χ3v) is 2.09. The number of unbranched alkanes of at least 4 members (excludes halogenated alkanes) is 2. The average Bonchev–Trinajstić information content (AvgIpc) is 2.25. The number of nitrogens with zero attached hydrogens (tertiary/aromatic N) is 3. The van der Waals surface area contributed by atoms with Gasteiger partial charge in [-0.05, 0) is 12.5 Å². The number of carbonyl (C=O) groups excluding carboxylic acids is 1. The lowest BCUT2D eigenvalue weighted by Gasteiger charge is -2.18. The van der Waals surface area contributed by atoms with Crippen molar-refractivity contribution < 1.29 is 4.79 Å². The van der Waals surface area contributed by atoms with Crippen molar-refractivity contribution in [2.24, 2.45) is 5.73 Å². The van der Waals surface area contributed by atoms with Crippen molar-refractivity contribution in [2.75, 3.05) is 11.4 Å². The smallest absolute Gasteiger partial charge is 0.320 e. The first-order valence-corrected chi connectivity index (χ1v) is 5.08. The molecule has 1 heterocycles. The summed E-state index contributed by atoms with van der Waals surface area (Å²) in [5, 5.41) is 0. The molecular formula is C10H16N4O. The van der Waals surface area contributed by atoms with E-state index in [0.29, 0.717) is 12.4 Å². The monoisotopic (exact) mass is 208 g/mol. The van der Waals surface area contributed by atoms with Gasteiger partial charge in [-0.1, -0.05) is 19.8 Å². The Labute approximate surface area is 89.3 Å². The van der Waals surface area contributed by atoms with Gasteiger partial charge in [0.2, 0.25) is 0 Å². The van der Waals surface area contributed by atoms with Crippen LogP contribution in [-0.2, 0) is 0 Å². The van der Waals surface area contributed by atoms with E-state index in [1.54, 1.807) is 12.3 Å². The molecule has 2 amide bonds. The molecule has 82 valence electrons. The maximum Gasteiger partial charge on any atom is 0.320 e. The molecule has 0 atom stereocenters. The topological polar surface area (TPSA) is 72.1 Å². The molecule has 0 saturated heterocycles. The van der Waals surface area contributed by atoms with E-state index in [1.807, 2.05) is 0 Å². The first-order valence-electron chi connectivity index (χ1n) is 5.08. The van der Waals surface area contributed by atoms with Gasteiger partial charge >= 0.3 is 6.03 Å². The van der Waals surface area contributed by atoms with Gasteiger partial charge in [0.05, 0.1) is 0 Å². The van der Waals surface area contributed by atoms with Crippen molar-refractivity contribution in [3.8, 4) is 0 Å². The molecule has 0 unspecified atom stereocenters. The maximum absolute atomic E-state index is 11.2. The van der Waals surface area contributed by atoms with Crippen molar-refractivity contribution in [1.29, 1.82) is 0 Å². The van der Waals surface area contributed by atoms with E-state index < -0.39 is 6.03 Å². The van der Waals surface area contributed by atoms with Crippen LogP contribution in [0.5, 0.6) is 0 Å². The van der Waals surface area contributed by atoms with Crippen molar-refractivity contribution in [1.82, 2.24) is 9.97 Å². The van der Waals surface area contributed by atoms with E-state index in [0.717, 1.165) is 19.3 Å². The SMILES string of the molecule is CCCCCN(C(N)=O)c1ccncn1. The Hall–Kier alpha value is -1.65. The number of carbonyl (C=O) groups is 1. The van der Waals surface area contributed by atoms with E-state index >= 15 is 0 Å². The van der Waals surface area contributed by atoms with Crippen molar-refractivity contribution >= 4 is 11.8 Å². The second kappa shape index (κ2) is 5.95. The Bertz CT molecular complexity index is 302. The quantitative estimate of drug-likeness (QED) is 0.746. The normalized spacial score (nSPS) is 9.93. The summed E-state index contributed by atoms with van der Waals surface area (Å²) in [4.78, 5) is 20.4. The molecule has 15 heavy (non-hydrogen) atoms. The van der Waals surface area contributed by atoms with Gasteiger partial charge in [-0.3, -0.25) is 4.90 Å². The molecule has 0 aliphatic heterocycles. The molecule has 0 aliphatic carbocycles. The van der Waals surface area contributed by atoms with E-state index in [9.17, 15) is 4.79 Å². The first-order chi connectivity index (χ1) is 7.25. The van der Waals surface area contributed by atoms with Gasteiger partial charge in [-0.25, -0.2) is 14.8 Å². The van der Waals surface area contributed by atoms with Crippen molar-refractivity contribution in [3.05, 3.63) is 18.6 Å². The second-order valence-electron chi connectivity index (χ2n) is 3.26. The van der Waals surface area contributed by atoms with E-state index in [2.05, 4.69) is 16.9 Å². The van der Waals surface area contributed by atoms with Crippen LogP contribution in [0.1, 0.15) is 26.2 Å². The fraction of sp³-hybridized carbons (Fsp3) is 0.500. The molecule has 0 radical (unpaired) electrons. The summed E-state index contributed by atoms with van der Waals surface area (Å²) in [6.07, 6.45) is 6.12. The van der Waals surface area contributed by atoms with Gasteiger partial charge in [0.25, 0.3) is 0 Å². The molecule has 0 aliphatic rings. The molecule has 0 bridgehead atoms. The number of amides is 2. The summed E-state index contributed by atoms with van der Waals surface area (Å²) in [7, 11) is 0. The molecule has 1 aromatic heterocycles. The lowest BCUT2D eigenvalue weighted by molar-refractivity contribution is 0.253. The van der Waals surface area contributed by atoms with E-state index in [4.69, 9.17) is 5.73 Å². The zero-order valence-corrected chi connectivity index (χ0v) is 8.89. The summed E-state index contributed by atoms with van der Waals surface area (Å²) in [6.45, 7) is 2.72. The fourth-order valence-corrected chi connectivity index (χ4v) is 1.30. The number of nitrogens with two attached hydrogens (primary N) is 1. The Kier molecular flexibility index (Phi) is 4.53. The summed E-state index contributed by atoms with van der Waals surface area (Å²) < 4.78 is 0. The standard InChI is InChI=1S/C10H16N4O/c1-2-3-4-7-14(10(11)15)9-5-6-12-8-13-9/h5-6,8H,2-4,7H2,1H3,(H2,11,15). The number of aromatic nitrogens is 2. The Morgan fingerprint density at radius 2 is 2.33 bits per heavy atom. The van der Waals surface area contributed by atoms with Crippen LogP contribution in [-0.4, -0.2) is 22.5 Å². The summed E-state index contributed by atoms with van der Waals surface area (Å²) >= 11 is 0. The lowest BCUT2D eigenvalue weighted by Crippen LogP contribution is -2.37. The largest absolute Gasteiger partial charge is 0.351 e. The van der Waals surface area contributed by atoms with Crippen LogP contribution in [0.25, 0.3) is 0 Å². The van der Waals surface area contributed by atoms with E-state index in [1.165, 1.54) is 11.2 Å². The molecule has 0 aromatic carbocycles. The highest BCUT2D eigenvalue weighted by atomic mass is 16.2. The minimum Gasteiger partial charge on any atom is -0.351 e. The molecular weight excluding hydrogens is 192 g/mol. The highest BCUT2D eigenvalue weighted by molar-refractivity contribution is 5.89. The summed E-state index contributed by atoms with van der Waals surface area (Å²) in [6, 6.07) is 1.21. The number of anilines is 1. The molecule has 5 heteroatoms. The first kappa shape index (κ1) is 11.4. The molecule has 0 spiro atoms. The van der Waals surface area contributed by atoms with Crippen LogP contribution >= 0.6 is 0 Å². The zero-order valence-electron chi connectivity index (χ0n) is 8.89. The van der Waals surface area contributed by atoms with Crippen molar-refractivity contribution in [2.45, 2.75) is 26.2 Å². The fourth-order valence-electron chi connectivity index (χ4n) is 1.30. The molecule has 0 fully saturated rings. The molecule has 5 nitrogen and oxygen atoms in total.